The average Bonchev–Trinajstić information content (AvgIpc) is 3.22. The van der Waals surface area contributed by atoms with Crippen LogP contribution in [-0.2, 0) is 26.6 Å². The maximum absolute atomic E-state index is 13.5. The van der Waals surface area contributed by atoms with Gasteiger partial charge in [-0.2, -0.15) is 4.98 Å². The highest BCUT2D eigenvalue weighted by molar-refractivity contribution is 6.30. The first kappa shape index (κ1) is 20.6. The molecule has 8 heteroatoms. The number of anilines is 2. The van der Waals surface area contributed by atoms with Crippen molar-refractivity contribution in [3.8, 4) is 0 Å². The van der Waals surface area contributed by atoms with Crippen LogP contribution in [0.5, 0.6) is 0 Å². The van der Waals surface area contributed by atoms with E-state index in [2.05, 4.69) is 36.1 Å². The van der Waals surface area contributed by atoms with E-state index in [0.717, 1.165) is 30.6 Å². The van der Waals surface area contributed by atoms with Crippen LogP contribution in [0.4, 0.5) is 11.6 Å². The zero-order valence-corrected chi connectivity index (χ0v) is 18.8. The van der Waals surface area contributed by atoms with Gasteiger partial charge in [0.05, 0.1) is 6.54 Å². The molecule has 1 aliphatic heterocycles. The molecule has 0 saturated carbocycles. The van der Waals surface area contributed by atoms with E-state index in [0.29, 0.717) is 28.7 Å². The lowest BCUT2D eigenvalue weighted by Crippen LogP contribution is -2.40. The number of benzene rings is 2. The van der Waals surface area contributed by atoms with Crippen LogP contribution in [0.2, 0.25) is 5.02 Å². The van der Waals surface area contributed by atoms with E-state index in [1.54, 1.807) is 19.2 Å². The second kappa shape index (κ2) is 7.98. The number of rotatable bonds is 4. The summed E-state index contributed by atoms with van der Waals surface area (Å²) in [5, 5.41) is 0.612. The molecule has 4 aromatic rings. The minimum atomic E-state index is -0.383. The lowest BCUT2D eigenvalue weighted by atomic mass is 10.1. The Balaban J connectivity index is 1.66. The largest absolute Gasteiger partial charge is 0.332 e. The van der Waals surface area contributed by atoms with Crippen molar-refractivity contribution in [2.24, 2.45) is 7.05 Å². The van der Waals surface area contributed by atoms with Crippen molar-refractivity contribution in [3.05, 3.63) is 85.5 Å². The third-order valence-electron chi connectivity index (χ3n) is 6.13. The van der Waals surface area contributed by atoms with Gasteiger partial charge in [0.15, 0.2) is 11.2 Å². The molecule has 2 aromatic heterocycles. The van der Waals surface area contributed by atoms with Gasteiger partial charge in [0.1, 0.15) is 0 Å². The Bertz CT molecular complexity index is 1410. The Morgan fingerprint density at radius 1 is 0.969 bits per heavy atom. The van der Waals surface area contributed by atoms with E-state index in [1.165, 1.54) is 14.7 Å². The van der Waals surface area contributed by atoms with E-state index < -0.39 is 0 Å². The number of imidazole rings is 1. The Hall–Kier alpha value is -3.32. The van der Waals surface area contributed by atoms with Crippen molar-refractivity contribution in [1.29, 1.82) is 0 Å². The molecule has 2 aromatic carbocycles. The number of hydrogen-bond acceptors (Lipinski definition) is 4. The summed E-state index contributed by atoms with van der Waals surface area (Å²) < 4.78 is 4.69. The summed E-state index contributed by atoms with van der Waals surface area (Å²) in [4.78, 5) is 33.4. The molecule has 1 aliphatic rings. The van der Waals surface area contributed by atoms with Crippen LogP contribution in [0.3, 0.4) is 0 Å². The minimum Gasteiger partial charge on any atom is -0.312 e. The Labute approximate surface area is 190 Å². The molecule has 32 heavy (non-hydrogen) atoms. The van der Waals surface area contributed by atoms with Crippen molar-refractivity contribution in [2.45, 2.75) is 32.9 Å². The van der Waals surface area contributed by atoms with Gasteiger partial charge in [-0.3, -0.25) is 13.9 Å². The second-order valence-corrected chi connectivity index (χ2v) is 8.56. The highest BCUT2D eigenvalue weighted by Crippen LogP contribution is 2.31. The summed E-state index contributed by atoms with van der Waals surface area (Å²) in [6.07, 6.45) is 1.86. The summed E-state index contributed by atoms with van der Waals surface area (Å²) in [6, 6.07) is 15.6. The maximum Gasteiger partial charge on any atom is 0.332 e. The molecule has 0 fully saturated rings. The SMILES string of the molecule is CCc1ccc(N2CCCn3c2nc2c3c(=O)n(Cc3ccc(Cl)cc3)c(=O)n2C)cc1. The van der Waals surface area contributed by atoms with Crippen LogP contribution < -0.4 is 16.1 Å². The molecule has 0 aliphatic carbocycles. The van der Waals surface area contributed by atoms with Gasteiger partial charge in [0, 0.05) is 30.8 Å². The number of hydrogen-bond donors (Lipinski definition) is 0. The highest BCUT2D eigenvalue weighted by atomic mass is 35.5. The standard InChI is InChI=1S/C24H24ClN5O2/c1-3-16-7-11-19(12-8-16)28-13-4-14-29-20-21(26-23(28)29)27(2)24(32)30(22(20)31)15-17-5-9-18(25)10-6-17/h5-12H,3-4,13-15H2,1-2H3. The number of nitrogens with zero attached hydrogens (tertiary/aromatic N) is 5. The molecule has 3 heterocycles. The molecule has 0 N–H and O–H groups in total. The zero-order valence-electron chi connectivity index (χ0n) is 18.1. The molecule has 7 nitrogen and oxygen atoms in total. The van der Waals surface area contributed by atoms with E-state index in [4.69, 9.17) is 16.6 Å². The van der Waals surface area contributed by atoms with Gasteiger partial charge in [-0.05, 0) is 48.2 Å². The molecular formula is C24H24ClN5O2. The van der Waals surface area contributed by atoms with Gasteiger partial charge in [-0.1, -0.05) is 42.8 Å². The topological polar surface area (TPSA) is 65.1 Å². The third kappa shape index (κ3) is 3.33. The Morgan fingerprint density at radius 3 is 2.34 bits per heavy atom. The fourth-order valence-electron chi connectivity index (χ4n) is 4.33. The van der Waals surface area contributed by atoms with Gasteiger partial charge in [0.25, 0.3) is 5.56 Å². The first-order valence-corrected chi connectivity index (χ1v) is 11.2. The Morgan fingerprint density at radius 2 is 1.66 bits per heavy atom. The molecule has 0 amide bonds. The zero-order chi connectivity index (χ0) is 22.4. The van der Waals surface area contributed by atoms with Gasteiger partial charge in [-0.15, -0.1) is 0 Å². The predicted octanol–water partition coefficient (Wildman–Crippen LogP) is 3.70. The van der Waals surface area contributed by atoms with E-state index in [9.17, 15) is 9.59 Å². The summed E-state index contributed by atoms with van der Waals surface area (Å²) in [7, 11) is 1.67. The predicted molar refractivity (Wildman–Crippen MR) is 127 cm³/mol. The fraction of sp³-hybridized carbons (Fsp3) is 0.292. The van der Waals surface area contributed by atoms with E-state index in [-0.39, 0.29) is 17.8 Å². The summed E-state index contributed by atoms with van der Waals surface area (Å²) in [6.45, 7) is 3.80. The third-order valence-corrected chi connectivity index (χ3v) is 6.38. The van der Waals surface area contributed by atoms with Crippen LogP contribution in [-0.4, -0.2) is 25.2 Å². The Kier molecular flexibility index (Phi) is 5.13. The van der Waals surface area contributed by atoms with Gasteiger partial charge < -0.3 is 9.47 Å². The number of halogens is 1. The van der Waals surface area contributed by atoms with Crippen molar-refractivity contribution >= 4 is 34.4 Å². The molecule has 164 valence electrons. The number of aromatic nitrogens is 4. The van der Waals surface area contributed by atoms with Crippen LogP contribution in [0.1, 0.15) is 24.5 Å². The molecule has 0 radical (unpaired) electrons. The van der Waals surface area contributed by atoms with Crippen molar-refractivity contribution in [3.63, 3.8) is 0 Å². The lowest BCUT2D eigenvalue weighted by Gasteiger charge is -2.29. The molecule has 0 unspecified atom stereocenters. The number of fused-ring (bicyclic) bond motifs is 3. The summed E-state index contributed by atoms with van der Waals surface area (Å²) >= 11 is 5.98. The normalized spacial score (nSPS) is 13.5. The van der Waals surface area contributed by atoms with Crippen molar-refractivity contribution in [1.82, 2.24) is 18.7 Å². The van der Waals surface area contributed by atoms with Crippen LogP contribution >= 0.6 is 11.6 Å². The molecule has 0 saturated heterocycles. The van der Waals surface area contributed by atoms with E-state index >= 15 is 0 Å². The molecule has 0 spiro atoms. The van der Waals surface area contributed by atoms with Crippen LogP contribution in [0, 0.1) is 0 Å². The summed E-state index contributed by atoms with van der Waals surface area (Å²) in [5.74, 6) is 0.701. The number of aryl methyl sites for hydroxylation is 3. The molecular weight excluding hydrogens is 426 g/mol. The maximum atomic E-state index is 13.5. The fourth-order valence-corrected chi connectivity index (χ4v) is 4.46. The second-order valence-electron chi connectivity index (χ2n) is 8.12. The first-order valence-electron chi connectivity index (χ1n) is 10.8. The summed E-state index contributed by atoms with van der Waals surface area (Å²) in [5.41, 5.74) is 3.32. The van der Waals surface area contributed by atoms with Crippen molar-refractivity contribution < 1.29 is 0 Å². The molecule has 0 atom stereocenters. The highest BCUT2D eigenvalue weighted by Gasteiger charge is 2.27. The quantitative estimate of drug-likeness (QED) is 0.476. The van der Waals surface area contributed by atoms with Crippen LogP contribution in [0.15, 0.2) is 58.1 Å². The molecule has 0 bridgehead atoms. The lowest BCUT2D eigenvalue weighted by molar-refractivity contribution is 0.597. The van der Waals surface area contributed by atoms with Gasteiger partial charge in [-0.25, -0.2) is 4.79 Å². The minimum absolute atomic E-state index is 0.182. The van der Waals surface area contributed by atoms with Crippen LogP contribution in [0.25, 0.3) is 11.2 Å². The van der Waals surface area contributed by atoms with Gasteiger partial charge >= 0.3 is 5.69 Å². The first-order chi connectivity index (χ1) is 15.5. The average molecular weight is 450 g/mol. The monoisotopic (exact) mass is 449 g/mol. The van der Waals surface area contributed by atoms with E-state index in [1.807, 2.05) is 16.7 Å². The van der Waals surface area contributed by atoms with Gasteiger partial charge in [0.2, 0.25) is 5.95 Å². The smallest absolute Gasteiger partial charge is 0.312 e. The molecule has 5 rings (SSSR count). The van der Waals surface area contributed by atoms with Crippen molar-refractivity contribution in [2.75, 3.05) is 11.4 Å².